The van der Waals surface area contributed by atoms with Gasteiger partial charge in [-0.05, 0) is 90.5 Å². The van der Waals surface area contributed by atoms with E-state index in [1.807, 2.05) is 12.1 Å². The zero-order valence-electron chi connectivity index (χ0n) is 18.0. The summed E-state index contributed by atoms with van der Waals surface area (Å²) in [5, 5.41) is 8.93. The Labute approximate surface area is 174 Å². The van der Waals surface area contributed by atoms with Gasteiger partial charge in [-0.3, -0.25) is 4.79 Å². The van der Waals surface area contributed by atoms with Crippen molar-refractivity contribution < 1.29 is 14.6 Å². The first-order valence-electron chi connectivity index (χ1n) is 10.6. The molecule has 0 spiro atoms. The zero-order valence-corrected chi connectivity index (χ0v) is 18.0. The summed E-state index contributed by atoms with van der Waals surface area (Å²) < 4.78 is 6.22. The summed E-state index contributed by atoms with van der Waals surface area (Å²) in [4.78, 5) is 10.9. The maximum atomic E-state index is 10.9. The van der Waals surface area contributed by atoms with E-state index in [-0.39, 0.29) is 6.42 Å². The van der Waals surface area contributed by atoms with Crippen LogP contribution in [-0.2, 0) is 11.2 Å². The van der Waals surface area contributed by atoms with Crippen molar-refractivity contribution in [3.8, 4) is 5.75 Å². The van der Waals surface area contributed by atoms with E-state index in [2.05, 4.69) is 52.0 Å². The molecule has 3 nitrogen and oxygen atoms in total. The molecule has 0 saturated heterocycles. The van der Waals surface area contributed by atoms with Crippen LogP contribution in [0.4, 0.5) is 0 Å². The fourth-order valence-corrected chi connectivity index (χ4v) is 4.07. The SMILES string of the molecule is Cc1c(CCC(=O)O)ccc(OCC2=C(c3ccc(C(C)C)cc3)CCC2)c1C. The van der Waals surface area contributed by atoms with Gasteiger partial charge in [0.25, 0.3) is 0 Å². The van der Waals surface area contributed by atoms with Crippen LogP contribution >= 0.6 is 0 Å². The molecule has 0 fully saturated rings. The Kier molecular flexibility index (Phi) is 6.79. The molecule has 0 saturated carbocycles. The molecule has 3 rings (SSSR count). The number of hydrogen-bond donors (Lipinski definition) is 1. The van der Waals surface area contributed by atoms with Crippen LogP contribution in [0.3, 0.4) is 0 Å². The van der Waals surface area contributed by atoms with Crippen LogP contribution in [0.25, 0.3) is 5.57 Å². The highest BCUT2D eigenvalue weighted by atomic mass is 16.5. The molecule has 154 valence electrons. The Morgan fingerprint density at radius 1 is 1.03 bits per heavy atom. The second-order valence-corrected chi connectivity index (χ2v) is 8.37. The molecule has 0 atom stereocenters. The van der Waals surface area contributed by atoms with E-state index in [1.54, 1.807) is 0 Å². The van der Waals surface area contributed by atoms with Gasteiger partial charge in [0.05, 0.1) is 0 Å². The van der Waals surface area contributed by atoms with Gasteiger partial charge in [-0.15, -0.1) is 0 Å². The van der Waals surface area contributed by atoms with Crippen molar-refractivity contribution in [1.82, 2.24) is 0 Å². The Hall–Kier alpha value is -2.55. The predicted octanol–water partition coefficient (Wildman–Crippen LogP) is 6.46. The highest BCUT2D eigenvalue weighted by molar-refractivity contribution is 5.71. The van der Waals surface area contributed by atoms with Crippen LogP contribution < -0.4 is 4.74 Å². The predicted molar refractivity (Wildman–Crippen MR) is 119 cm³/mol. The van der Waals surface area contributed by atoms with Gasteiger partial charge in [-0.1, -0.05) is 44.2 Å². The lowest BCUT2D eigenvalue weighted by molar-refractivity contribution is -0.136. The average molecular weight is 393 g/mol. The summed E-state index contributed by atoms with van der Waals surface area (Å²) in [6.45, 7) is 9.18. The topological polar surface area (TPSA) is 46.5 Å². The quantitative estimate of drug-likeness (QED) is 0.561. The molecule has 0 radical (unpaired) electrons. The number of carboxylic acids is 1. The molecule has 0 aromatic heterocycles. The van der Waals surface area contributed by atoms with Crippen LogP contribution in [0.2, 0.25) is 0 Å². The molecule has 0 aliphatic heterocycles. The smallest absolute Gasteiger partial charge is 0.303 e. The molecule has 1 N–H and O–H groups in total. The third-order valence-corrected chi connectivity index (χ3v) is 6.12. The molecule has 2 aromatic carbocycles. The monoisotopic (exact) mass is 392 g/mol. The molecule has 1 aliphatic carbocycles. The van der Waals surface area contributed by atoms with E-state index < -0.39 is 5.97 Å². The van der Waals surface area contributed by atoms with Gasteiger partial charge < -0.3 is 9.84 Å². The lowest BCUT2D eigenvalue weighted by Crippen LogP contribution is -2.05. The molecule has 2 aromatic rings. The number of carbonyl (C=O) groups is 1. The van der Waals surface area contributed by atoms with Crippen molar-refractivity contribution in [3.63, 3.8) is 0 Å². The lowest BCUT2D eigenvalue weighted by atomic mass is 9.97. The molecule has 1 aliphatic rings. The fraction of sp³-hybridized carbons (Fsp3) is 0.423. The second-order valence-electron chi connectivity index (χ2n) is 8.37. The van der Waals surface area contributed by atoms with Crippen LogP contribution in [0, 0.1) is 13.8 Å². The van der Waals surface area contributed by atoms with Gasteiger partial charge in [-0.25, -0.2) is 0 Å². The average Bonchev–Trinajstić information content (AvgIpc) is 3.17. The standard InChI is InChI=1S/C26H32O3/c1-17(2)20-8-10-22(11-9-20)24-7-5-6-23(24)16-29-25-14-12-21(13-15-26(27)28)18(3)19(25)4/h8-12,14,17H,5-7,13,15-16H2,1-4H3,(H,27,28). The fourth-order valence-electron chi connectivity index (χ4n) is 4.07. The van der Waals surface area contributed by atoms with Crippen molar-refractivity contribution in [2.75, 3.05) is 6.61 Å². The van der Waals surface area contributed by atoms with Crippen molar-refractivity contribution >= 4 is 11.5 Å². The minimum absolute atomic E-state index is 0.159. The maximum absolute atomic E-state index is 10.9. The van der Waals surface area contributed by atoms with Gasteiger partial charge in [0.2, 0.25) is 0 Å². The van der Waals surface area contributed by atoms with Crippen LogP contribution in [0.1, 0.15) is 73.3 Å². The van der Waals surface area contributed by atoms with E-state index in [0.29, 0.717) is 18.9 Å². The van der Waals surface area contributed by atoms with Gasteiger partial charge in [-0.2, -0.15) is 0 Å². The van der Waals surface area contributed by atoms with Crippen LogP contribution in [-0.4, -0.2) is 17.7 Å². The van der Waals surface area contributed by atoms with Gasteiger partial charge in [0.15, 0.2) is 0 Å². The Morgan fingerprint density at radius 3 is 2.41 bits per heavy atom. The van der Waals surface area contributed by atoms with Crippen molar-refractivity contribution in [2.45, 2.75) is 65.7 Å². The summed E-state index contributed by atoms with van der Waals surface area (Å²) in [5.74, 6) is 0.689. The minimum atomic E-state index is -0.760. The maximum Gasteiger partial charge on any atom is 0.303 e. The molecular weight excluding hydrogens is 360 g/mol. The number of aryl methyl sites for hydroxylation is 1. The molecule has 0 amide bonds. The van der Waals surface area contributed by atoms with E-state index in [9.17, 15) is 4.79 Å². The van der Waals surface area contributed by atoms with E-state index in [1.165, 1.54) is 28.7 Å². The number of benzene rings is 2. The molecular formula is C26H32O3. The van der Waals surface area contributed by atoms with Crippen molar-refractivity contribution in [3.05, 3.63) is 69.8 Å². The van der Waals surface area contributed by atoms with Gasteiger partial charge in [0, 0.05) is 6.42 Å². The first-order chi connectivity index (χ1) is 13.9. The number of carboxylic acid groups (broad SMARTS) is 1. The summed E-state index contributed by atoms with van der Waals surface area (Å²) in [6.07, 6.45) is 4.12. The van der Waals surface area contributed by atoms with Crippen LogP contribution in [0.15, 0.2) is 42.0 Å². The summed E-state index contributed by atoms with van der Waals surface area (Å²) >= 11 is 0. The van der Waals surface area contributed by atoms with Crippen molar-refractivity contribution in [2.24, 2.45) is 0 Å². The van der Waals surface area contributed by atoms with E-state index in [4.69, 9.17) is 9.84 Å². The largest absolute Gasteiger partial charge is 0.489 e. The van der Waals surface area contributed by atoms with E-state index >= 15 is 0 Å². The molecule has 0 heterocycles. The number of ether oxygens (including phenoxy) is 1. The minimum Gasteiger partial charge on any atom is -0.489 e. The third-order valence-electron chi connectivity index (χ3n) is 6.12. The highest BCUT2D eigenvalue weighted by Gasteiger charge is 2.18. The van der Waals surface area contributed by atoms with Crippen molar-refractivity contribution in [1.29, 1.82) is 0 Å². The highest BCUT2D eigenvalue weighted by Crippen LogP contribution is 2.35. The molecule has 0 bridgehead atoms. The second kappa shape index (κ2) is 9.30. The molecule has 3 heteroatoms. The molecule has 0 unspecified atom stereocenters. The summed E-state index contributed by atoms with van der Waals surface area (Å²) in [5.41, 5.74) is 8.86. The Bertz CT molecular complexity index is 904. The summed E-state index contributed by atoms with van der Waals surface area (Å²) in [7, 11) is 0. The normalized spacial score (nSPS) is 14.0. The number of allylic oxidation sites excluding steroid dienone is 1. The first kappa shape index (κ1) is 21.2. The van der Waals surface area contributed by atoms with E-state index in [0.717, 1.165) is 35.3 Å². The lowest BCUT2D eigenvalue weighted by Gasteiger charge is -2.16. The Morgan fingerprint density at radius 2 is 1.76 bits per heavy atom. The number of aliphatic carboxylic acids is 1. The number of rotatable bonds is 8. The van der Waals surface area contributed by atoms with Gasteiger partial charge >= 0.3 is 5.97 Å². The number of hydrogen-bond acceptors (Lipinski definition) is 2. The summed E-state index contributed by atoms with van der Waals surface area (Å²) in [6, 6.07) is 13.0. The molecule has 29 heavy (non-hydrogen) atoms. The first-order valence-corrected chi connectivity index (χ1v) is 10.6. The zero-order chi connectivity index (χ0) is 21.0. The Balaban J connectivity index is 1.73. The van der Waals surface area contributed by atoms with Crippen LogP contribution in [0.5, 0.6) is 5.75 Å². The van der Waals surface area contributed by atoms with Gasteiger partial charge in [0.1, 0.15) is 12.4 Å². The third kappa shape index (κ3) is 5.09.